The topological polar surface area (TPSA) is 110 Å². The van der Waals surface area contributed by atoms with Crippen molar-refractivity contribution in [2.75, 3.05) is 41.3 Å². The number of alkyl halides is 3. The molecule has 3 N–H and O–H groups in total. The van der Waals surface area contributed by atoms with Gasteiger partial charge in [-0.15, -0.1) is 0 Å². The monoisotopic (exact) mass is 533 g/mol. The summed E-state index contributed by atoms with van der Waals surface area (Å²) in [7, 11) is 0. The summed E-state index contributed by atoms with van der Waals surface area (Å²) in [6.07, 6.45) is -5.08. The summed E-state index contributed by atoms with van der Waals surface area (Å²) in [5.41, 5.74) is 2.57. The lowest BCUT2D eigenvalue weighted by molar-refractivity contribution is -0.192. The number of nitrogens with zero attached hydrogens (tertiary/aromatic N) is 2. The Bertz CT molecular complexity index is 1280. The second kappa shape index (κ2) is 12.1. The van der Waals surface area contributed by atoms with Crippen LogP contribution in [0.1, 0.15) is 20.7 Å². The van der Waals surface area contributed by atoms with Crippen LogP contribution in [-0.4, -0.2) is 60.4 Å². The Morgan fingerprint density at radius 1 is 0.789 bits per heavy atom. The van der Waals surface area contributed by atoms with Gasteiger partial charge in [0.1, 0.15) is 5.82 Å². The zero-order valence-corrected chi connectivity index (χ0v) is 19.8. The van der Waals surface area contributed by atoms with Gasteiger partial charge in [-0.25, -0.2) is 14.0 Å². The number of carbonyl (C=O) groups excluding carboxylic acids is 1. The van der Waals surface area contributed by atoms with E-state index in [2.05, 4.69) is 27.2 Å². The van der Waals surface area contributed by atoms with Gasteiger partial charge < -0.3 is 25.3 Å². The van der Waals surface area contributed by atoms with Crippen LogP contribution in [0.3, 0.4) is 0 Å². The zero-order valence-electron chi connectivity index (χ0n) is 19.8. The summed E-state index contributed by atoms with van der Waals surface area (Å²) in [5.74, 6) is -4.67. The number of rotatable bonds is 5. The molecule has 1 amide bonds. The van der Waals surface area contributed by atoms with Crippen LogP contribution in [0.25, 0.3) is 0 Å². The molecule has 0 aliphatic carbocycles. The smallest absolute Gasteiger partial charge is 0.478 e. The van der Waals surface area contributed by atoms with Gasteiger partial charge in [-0.05, 0) is 54.6 Å². The summed E-state index contributed by atoms with van der Waals surface area (Å²) in [6.45, 7) is 2.95. The van der Waals surface area contributed by atoms with Crippen LogP contribution in [0, 0.1) is 5.82 Å². The lowest BCUT2D eigenvalue weighted by Gasteiger charge is -2.38. The lowest BCUT2D eigenvalue weighted by Crippen LogP contribution is -2.47. The van der Waals surface area contributed by atoms with Crippen LogP contribution >= 0.6 is 0 Å². The van der Waals surface area contributed by atoms with E-state index in [0.29, 0.717) is 30.0 Å². The molecule has 0 bridgehead atoms. The number of aliphatic carboxylic acids is 1. The molecule has 0 saturated carbocycles. The number of piperazine rings is 1. The first kappa shape index (κ1) is 28.0. The minimum absolute atomic E-state index is 0.130. The average Bonchev–Trinajstić information content (AvgIpc) is 2.89. The molecular weight excluding hydrogens is 510 g/mol. The highest BCUT2D eigenvalue weighted by Crippen LogP contribution is 2.27. The van der Waals surface area contributed by atoms with E-state index < -0.39 is 29.8 Å². The Morgan fingerprint density at radius 2 is 1.34 bits per heavy atom. The molecule has 38 heavy (non-hydrogen) atoms. The number of benzene rings is 3. The van der Waals surface area contributed by atoms with Crippen molar-refractivity contribution in [3.8, 4) is 0 Å². The third kappa shape index (κ3) is 7.45. The van der Waals surface area contributed by atoms with Crippen LogP contribution in [0.15, 0.2) is 72.8 Å². The SMILES string of the molecule is O=C(Nc1ccc(N2CCN(c3ccccc3)CC2)c(C(=O)O)c1)c1ccc(F)cc1.O=C(O)C(F)(F)F. The van der Waals surface area contributed by atoms with Gasteiger partial charge >= 0.3 is 18.1 Å². The molecule has 1 aliphatic heterocycles. The molecule has 1 fully saturated rings. The fraction of sp³-hybridized carbons (Fsp3) is 0.192. The van der Waals surface area contributed by atoms with Crippen LogP contribution in [0.4, 0.5) is 34.6 Å². The van der Waals surface area contributed by atoms with Gasteiger partial charge in [-0.3, -0.25) is 4.79 Å². The number of nitrogens with one attached hydrogen (secondary N) is 1. The van der Waals surface area contributed by atoms with Crippen molar-refractivity contribution in [2.24, 2.45) is 0 Å². The number of halogens is 4. The Hall–Kier alpha value is -4.61. The number of hydrogen-bond donors (Lipinski definition) is 3. The molecule has 0 atom stereocenters. The number of aromatic carboxylic acids is 1. The number of hydrogen-bond acceptors (Lipinski definition) is 5. The molecule has 0 aromatic heterocycles. The van der Waals surface area contributed by atoms with Gasteiger partial charge in [0.15, 0.2) is 0 Å². The van der Waals surface area contributed by atoms with E-state index >= 15 is 0 Å². The highest BCUT2D eigenvalue weighted by Gasteiger charge is 2.38. The Labute approximate surface area is 214 Å². The predicted octanol–water partition coefficient (Wildman–Crippen LogP) is 4.74. The van der Waals surface area contributed by atoms with Crippen molar-refractivity contribution in [3.05, 3.63) is 89.7 Å². The van der Waals surface area contributed by atoms with E-state index in [9.17, 15) is 32.3 Å². The molecule has 3 aromatic carbocycles. The Balaban J connectivity index is 0.000000505. The molecule has 12 heteroatoms. The molecule has 3 aromatic rings. The van der Waals surface area contributed by atoms with Gasteiger partial charge in [0.2, 0.25) is 0 Å². The van der Waals surface area contributed by atoms with E-state index in [1.54, 1.807) is 12.1 Å². The first-order valence-corrected chi connectivity index (χ1v) is 11.2. The lowest BCUT2D eigenvalue weighted by atomic mass is 10.1. The highest BCUT2D eigenvalue weighted by molar-refractivity contribution is 6.05. The molecule has 0 spiro atoms. The fourth-order valence-electron chi connectivity index (χ4n) is 3.71. The summed E-state index contributed by atoms with van der Waals surface area (Å²) in [5, 5.41) is 19.5. The fourth-order valence-corrected chi connectivity index (χ4v) is 3.71. The molecule has 1 heterocycles. The molecular formula is C26H23F4N3O5. The number of carbonyl (C=O) groups is 3. The first-order chi connectivity index (χ1) is 18.0. The summed E-state index contributed by atoms with van der Waals surface area (Å²) in [4.78, 5) is 37.5. The number of carboxylic acid groups (broad SMARTS) is 2. The highest BCUT2D eigenvalue weighted by atomic mass is 19.4. The molecule has 200 valence electrons. The number of para-hydroxylation sites is 1. The van der Waals surface area contributed by atoms with E-state index in [1.165, 1.54) is 30.3 Å². The maximum atomic E-state index is 13.1. The number of carboxylic acids is 2. The molecule has 4 rings (SSSR count). The third-order valence-corrected chi connectivity index (χ3v) is 5.58. The predicted molar refractivity (Wildman–Crippen MR) is 132 cm³/mol. The van der Waals surface area contributed by atoms with E-state index in [0.717, 1.165) is 18.8 Å². The van der Waals surface area contributed by atoms with Gasteiger partial charge in [-0.1, -0.05) is 18.2 Å². The van der Waals surface area contributed by atoms with E-state index in [1.807, 2.05) is 18.2 Å². The van der Waals surface area contributed by atoms with E-state index in [4.69, 9.17) is 9.90 Å². The Morgan fingerprint density at radius 3 is 1.87 bits per heavy atom. The molecule has 8 nitrogen and oxygen atoms in total. The largest absolute Gasteiger partial charge is 0.490 e. The number of amides is 1. The van der Waals surface area contributed by atoms with Crippen LogP contribution in [0.5, 0.6) is 0 Å². The second-order valence-corrected chi connectivity index (χ2v) is 8.11. The molecule has 1 aliphatic rings. The quantitative estimate of drug-likeness (QED) is 0.407. The molecule has 1 saturated heterocycles. The van der Waals surface area contributed by atoms with Gasteiger partial charge in [-0.2, -0.15) is 13.2 Å². The van der Waals surface area contributed by atoms with Crippen LogP contribution in [0.2, 0.25) is 0 Å². The van der Waals surface area contributed by atoms with E-state index in [-0.39, 0.29) is 5.56 Å². The standard InChI is InChI=1S/C24H22FN3O3.C2HF3O2/c25-18-8-6-17(7-9-18)23(29)26-19-10-11-22(21(16-19)24(30)31)28-14-12-27(13-15-28)20-4-2-1-3-5-20;3-2(4,5)1(6)7/h1-11,16H,12-15H2,(H,26,29)(H,30,31);(H,6,7). The van der Waals surface area contributed by atoms with Crippen molar-refractivity contribution in [1.82, 2.24) is 0 Å². The first-order valence-electron chi connectivity index (χ1n) is 11.2. The van der Waals surface area contributed by atoms with Crippen LogP contribution < -0.4 is 15.1 Å². The zero-order chi connectivity index (χ0) is 27.9. The Kier molecular flexibility index (Phi) is 8.89. The minimum Gasteiger partial charge on any atom is -0.478 e. The third-order valence-electron chi connectivity index (χ3n) is 5.58. The summed E-state index contributed by atoms with van der Waals surface area (Å²) >= 11 is 0. The van der Waals surface area contributed by atoms with Crippen LogP contribution in [-0.2, 0) is 4.79 Å². The number of anilines is 3. The van der Waals surface area contributed by atoms with Gasteiger partial charge in [0.05, 0.1) is 11.3 Å². The molecule has 0 radical (unpaired) electrons. The summed E-state index contributed by atoms with van der Waals surface area (Å²) in [6, 6.07) is 20.2. The van der Waals surface area contributed by atoms with Crippen molar-refractivity contribution >= 4 is 34.9 Å². The summed E-state index contributed by atoms with van der Waals surface area (Å²) < 4.78 is 44.8. The van der Waals surface area contributed by atoms with Crippen molar-refractivity contribution in [2.45, 2.75) is 6.18 Å². The van der Waals surface area contributed by atoms with Crippen molar-refractivity contribution < 1.29 is 42.2 Å². The van der Waals surface area contributed by atoms with Crippen molar-refractivity contribution in [1.29, 1.82) is 0 Å². The maximum absolute atomic E-state index is 13.1. The normalized spacial score (nSPS) is 13.3. The second-order valence-electron chi connectivity index (χ2n) is 8.11. The molecule has 0 unspecified atom stereocenters. The van der Waals surface area contributed by atoms with Gasteiger partial charge in [0.25, 0.3) is 5.91 Å². The minimum atomic E-state index is -5.08. The van der Waals surface area contributed by atoms with Crippen molar-refractivity contribution in [3.63, 3.8) is 0 Å². The average molecular weight is 533 g/mol. The van der Waals surface area contributed by atoms with Gasteiger partial charge in [0, 0.05) is 43.1 Å². The maximum Gasteiger partial charge on any atom is 0.490 e.